The van der Waals surface area contributed by atoms with E-state index in [1.807, 2.05) is 17.9 Å². The molecule has 0 aliphatic carbocycles. The molecule has 1 aromatic rings. The van der Waals surface area contributed by atoms with Gasteiger partial charge in [0.1, 0.15) is 0 Å². The number of rotatable bonds is 7. The van der Waals surface area contributed by atoms with Crippen molar-refractivity contribution >= 4 is 0 Å². The molecule has 1 rings (SSSR count). The normalized spacial score (nSPS) is 15.0. The van der Waals surface area contributed by atoms with Crippen LogP contribution in [0, 0.1) is 5.92 Å². The summed E-state index contributed by atoms with van der Waals surface area (Å²) in [6.07, 6.45) is 8.94. The van der Waals surface area contributed by atoms with Crippen LogP contribution < -0.4 is 5.32 Å². The summed E-state index contributed by atoms with van der Waals surface area (Å²) in [6.45, 7) is 4.59. The van der Waals surface area contributed by atoms with Crippen molar-refractivity contribution in [3.63, 3.8) is 0 Å². The molecule has 1 heterocycles. The molecule has 2 atom stereocenters. The lowest BCUT2D eigenvalue weighted by molar-refractivity contribution is 0.395. The van der Waals surface area contributed by atoms with E-state index in [9.17, 15) is 0 Å². The van der Waals surface area contributed by atoms with E-state index in [4.69, 9.17) is 0 Å². The molecular weight excluding hydrogens is 198 g/mol. The highest BCUT2D eigenvalue weighted by atomic mass is 15.2. The van der Waals surface area contributed by atoms with E-state index >= 15 is 0 Å². The standard InChI is InChI=1S/C13H25N3/c1-5-11(2)8-13(14-3)7-6-12-9-15-16(4)10-12/h9-11,13-14H,5-8H2,1-4H3. The van der Waals surface area contributed by atoms with Gasteiger partial charge in [-0.15, -0.1) is 0 Å². The van der Waals surface area contributed by atoms with Gasteiger partial charge in [0.15, 0.2) is 0 Å². The summed E-state index contributed by atoms with van der Waals surface area (Å²) in [5.74, 6) is 0.811. The smallest absolute Gasteiger partial charge is 0.0521 e. The maximum Gasteiger partial charge on any atom is 0.0521 e. The highest BCUT2D eigenvalue weighted by molar-refractivity contribution is 5.03. The molecule has 0 fully saturated rings. The minimum Gasteiger partial charge on any atom is -0.317 e. The minimum absolute atomic E-state index is 0.634. The Hall–Kier alpha value is -0.830. The number of aryl methyl sites for hydroxylation is 2. The molecule has 1 aromatic heterocycles. The van der Waals surface area contributed by atoms with E-state index in [0.717, 1.165) is 12.3 Å². The molecule has 3 nitrogen and oxygen atoms in total. The fourth-order valence-corrected chi connectivity index (χ4v) is 1.97. The minimum atomic E-state index is 0.634. The van der Waals surface area contributed by atoms with Gasteiger partial charge in [0.25, 0.3) is 0 Å². The summed E-state index contributed by atoms with van der Waals surface area (Å²) in [5.41, 5.74) is 1.34. The van der Waals surface area contributed by atoms with Gasteiger partial charge in [0.05, 0.1) is 6.20 Å². The van der Waals surface area contributed by atoms with Crippen LogP contribution >= 0.6 is 0 Å². The summed E-state index contributed by atoms with van der Waals surface area (Å²) in [6, 6.07) is 0.634. The van der Waals surface area contributed by atoms with Crippen LogP contribution in [0.4, 0.5) is 0 Å². The van der Waals surface area contributed by atoms with Crippen LogP contribution in [-0.4, -0.2) is 22.9 Å². The molecule has 0 spiro atoms. The van der Waals surface area contributed by atoms with Gasteiger partial charge in [0.2, 0.25) is 0 Å². The van der Waals surface area contributed by atoms with Crippen molar-refractivity contribution < 1.29 is 0 Å². The van der Waals surface area contributed by atoms with Crippen molar-refractivity contribution in [3.8, 4) is 0 Å². The third kappa shape index (κ3) is 4.35. The van der Waals surface area contributed by atoms with Gasteiger partial charge in [0, 0.05) is 19.3 Å². The Labute approximate surface area is 99.2 Å². The fraction of sp³-hybridized carbons (Fsp3) is 0.769. The second-order valence-electron chi connectivity index (χ2n) is 4.80. The lowest BCUT2D eigenvalue weighted by atomic mass is 9.95. The van der Waals surface area contributed by atoms with Gasteiger partial charge >= 0.3 is 0 Å². The molecule has 0 radical (unpaired) electrons. The van der Waals surface area contributed by atoms with Gasteiger partial charge in [-0.25, -0.2) is 0 Å². The van der Waals surface area contributed by atoms with E-state index in [1.165, 1.54) is 24.8 Å². The number of nitrogens with zero attached hydrogens (tertiary/aromatic N) is 2. The van der Waals surface area contributed by atoms with Crippen LogP contribution in [0.3, 0.4) is 0 Å². The Kier molecular flexibility index (Phi) is 5.53. The molecule has 0 saturated heterocycles. The largest absolute Gasteiger partial charge is 0.317 e. The van der Waals surface area contributed by atoms with E-state index in [1.54, 1.807) is 0 Å². The Balaban J connectivity index is 2.33. The molecule has 92 valence electrons. The third-order valence-electron chi connectivity index (χ3n) is 3.33. The Bertz CT molecular complexity index is 293. The molecule has 2 unspecified atom stereocenters. The molecule has 16 heavy (non-hydrogen) atoms. The predicted molar refractivity (Wildman–Crippen MR) is 68.4 cm³/mol. The van der Waals surface area contributed by atoms with Crippen molar-refractivity contribution in [2.24, 2.45) is 13.0 Å². The molecule has 0 aliphatic rings. The maximum atomic E-state index is 4.19. The van der Waals surface area contributed by atoms with E-state index in [2.05, 4.69) is 37.5 Å². The number of aromatic nitrogens is 2. The molecule has 0 bridgehead atoms. The van der Waals surface area contributed by atoms with Gasteiger partial charge in [-0.2, -0.15) is 5.10 Å². The second kappa shape index (κ2) is 6.69. The van der Waals surface area contributed by atoms with Crippen molar-refractivity contribution in [1.82, 2.24) is 15.1 Å². The Morgan fingerprint density at radius 3 is 2.75 bits per heavy atom. The zero-order valence-electron chi connectivity index (χ0n) is 11.0. The Morgan fingerprint density at radius 2 is 2.25 bits per heavy atom. The van der Waals surface area contributed by atoms with Crippen molar-refractivity contribution in [1.29, 1.82) is 0 Å². The highest BCUT2D eigenvalue weighted by Gasteiger charge is 2.10. The van der Waals surface area contributed by atoms with Gasteiger partial charge in [-0.1, -0.05) is 20.3 Å². The molecule has 0 aromatic carbocycles. The molecule has 0 saturated carbocycles. The second-order valence-corrected chi connectivity index (χ2v) is 4.80. The summed E-state index contributed by atoms with van der Waals surface area (Å²) < 4.78 is 1.87. The third-order valence-corrected chi connectivity index (χ3v) is 3.33. The first-order valence-corrected chi connectivity index (χ1v) is 6.30. The van der Waals surface area contributed by atoms with Crippen molar-refractivity contribution in [3.05, 3.63) is 18.0 Å². The fourth-order valence-electron chi connectivity index (χ4n) is 1.97. The molecule has 0 amide bonds. The van der Waals surface area contributed by atoms with Crippen LogP contribution in [0.5, 0.6) is 0 Å². The summed E-state index contributed by atoms with van der Waals surface area (Å²) >= 11 is 0. The lowest BCUT2D eigenvalue weighted by Gasteiger charge is -2.19. The SMILES string of the molecule is CCC(C)CC(CCc1cnn(C)c1)NC. The predicted octanol–water partition coefficient (Wildman–Crippen LogP) is 2.38. The topological polar surface area (TPSA) is 29.9 Å². The summed E-state index contributed by atoms with van der Waals surface area (Å²) in [5, 5.41) is 7.61. The van der Waals surface area contributed by atoms with E-state index in [0.29, 0.717) is 6.04 Å². The van der Waals surface area contributed by atoms with Crippen LogP contribution in [0.25, 0.3) is 0 Å². The van der Waals surface area contributed by atoms with Gasteiger partial charge in [-0.05, 0) is 37.8 Å². The van der Waals surface area contributed by atoms with Crippen LogP contribution in [-0.2, 0) is 13.5 Å². The molecular formula is C13H25N3. The van der Waals surface area contributed by atoms with Crippen molar-refractivity contribution in [2.75, 3.05) is 7.05 Å². The number of hydrogen-bond acceptors (Lipinski definition) is 2. The average molecular weight is 223 g/mol. The van der Waals surface area contributed by atoms with Crippen LogP contribution in [0.1, 0.15) is 38.7 Å². The van der Waals surface area contributed by atoms with Crippen LogP contribution in [0.2, 0.25) is 0 Å². The summed E-state index contributed by atoms with van der Waals surface area (Å²) in [7, 11) is 4.04. The lowest BCUT2D eigenvalue weighted by Crippen LogP contribution is -2.27. The molecule has 0 aliphatic heterocycles. The quantitative estimate of drug-likeness (QED) is 0.769. The maximum absolute atomic E-state index is 4.19. The van der Waals surface area contributed by atoms with Crippen molar-refractivity contribution in [2.45, 2.75) is 45.6 Å². The van der Waals surface area contributed by atoms with E-state index in [-0.39, 0.29) is 0 Å². The first-order valence-electron chi connectivity index (χ1n) is 6.30. The first kappa shape index (κ1) is 13.2. The molecule has 1 N–H and O–H groups in total. The van der Waals surface area contributed by atoms with E-state index < -0.39 is 0 Å². The zero-order valence-corrected chi connectivity index (χ0v) is 11.0. The first-order chi connectivity index (χ1) is 7.65. The van der Waals surface area contributed by atoms with Crippen LogP contribution in [0.15, 0.2) is 12.4 Å². The Morgan fingerprint density at radius 1 is 1.50 bits per heavy atom. The highest BCUT2D eigenvalue weighted by Crippen LogP contribution is 2.14. The van der Waals surface area contributed by atoms with Gasteiger partial charge in [-0.3, -0.25) is 4.68 Å². The number of hydrogen-bond donors (Lipinski definition) is 1. The zero-order chi connectivity index (χ0) is 12.0. The van der Waals surface area contributed by atoms with Gasteiger partial charge < -0.3 is 5.32 Å². The summed E-state index contributed by atoms with van der Waals surface area (Å²) in [4.78, 5) is 0. The monoisotopic (exact) mass is 223 g/mol. The average Bonchev–Trinajstić information content (AvgIpc) is 2.69. The molecule has 3 heteroatoms. The number of nitrogens with one attached hydrogen (secondary N) is 1.